The van der Waals surface area contributed by atoms with Crippen molar-refractivity contribution in [1.82, 2.24) is 4.31 Å². The van der Waals surface area contributed by atoms with Crippen molar-refractivity contribution in [2.45, 2.75) is 63.7 Å². The molecule has 0 atom stereocenters. The summed E-state index contributed by atoms with van der Waals surface area (Å²) in [7, 11) is -3.56. The summed E-state index contributed by atoms with van der Waals surface area (Å²) in [6.07, 6.45) is 8.40. The van der Waals surface area contributed by atoms with Gasteiger partial charge in [-0.25, -0.2) is 8.42 Å². The number of hydrogen-bond donors (Lipinski definition) is 0. The van der Waals surface area contributed by atoms with E-state index in [2.05, 4.69) is 0 Å². The van der Waals surface area contributed by atoms with E-state index in [-0.39, 0.29) is 12.3 Å². The van der Waals surface area contributed by atoms with Crippen molar-refractivity contribution < 1.29 is 13.2 Å². The van der Waals surface area contributed by atoms with Crippen LogP contribution in [0.25, 0.3) is 0 Å². The van der Waals surface area contributed by atoms with Gasteiger partial charge in [0.05, 0.1) is 4.90 Å². The maximum absolute atomic E-state index is 13.0. The molecule has 5 heteroatoms. The molecule has 0 N–H and O–H groups in total. The number of Topliss-reactive ketones (excluding diaryl/α,β-unsaturated/α-hetero) is 1. The van der Waals surface area contributed by atoms with Crippen LogP contribution in [-0.4, -0.2) is 31.6 Å². The van der Waals surface area contributed by atoms with Gasteiger partial charge in [-0.1, -0.05) is 49.8 Å². The van der Waals surface area contributed by atoms with Crippen molar-refractivity contribution in [2.75, 3.05) is 13.1 Å². The molecule has 0 saturated heterocycles. The monoisotopic (exact) mass is 375 g/mol. The summed E-state index contributed by atoms with van der Waals surface area (Å²) in [5.74, 6) is 0.734. The number of nitrogens with zero attached hydrogens (tertiary/aromatic N) is 1. The first-order valence-corrected chi connectivity index (χ1v) is 11.1. The molecular formula is C21H29NO3S. The molecule has 3 rings (SSSR count). The lowest BCUT2D eigenvalue weighted by atomic mass is 9.85. The molecule has 0 unspecified atom stereocenters. The van der Waals surface area contributed by atoms with Crippen LogP contribution in [0.5, 0.6) is 0 Å². The second kappa shape index (κ2) is 8.05. The average Bonchev–Trinajstić information content (AvgIpc) is 3.07. The van der Waals surface area contributed by atoms with E-state index in [0.29, 0.717) is 17.0 Å². The van der Waals surface area contributed by atoms with Gasteiger partial charge in [-0.15, -0.1) is 0 Å². The third-order valence-electron chi connectivity index (χ3n) is 5.79. The maximum Gasteiger partial charge on any atom is 0.243 e. The molecule has 0 amide bonds. The van der Waals surface area contributed by atoms with Gasteiger partial charge in [0.25, 0.3) is 0 Å². The third kappa shape index (κ3) is 4.26. The molecule has 0 aromatic heterocycles. The number of benzene rings is 1. The van der Waals surface area contributed by atoms with E-state index in [1.807, 2.05) is 19.1 Å². The predicted octanol–water partition coefficient (Wildman–Crippen LogP) is 4.25. The van der Waals surface area contributed by atoms with Gasteiger partial charge in [0, 0.05) is 18.7 Å². The van der Waals surface area contributed by atoms with Crippen LogP contribution in [0, 0.1) is 12.8 Å². The first-order chi connectivity index (χ1) is 12.4. The fourth-order valence-corrected chi connectivity index (χ4v) is 5.53. The first kappa shape index (κ1) is 19.3. The van der Waals surface area contributed by atoms with E-state index in [9.17, 15) is 13.2 Å². The molecule has 2 aliphatic rings. The molecule has 1 aliphatic carbocycles. The SMILES string of the molecule is CC(=O)C1=C(CCC2CCCCC2)CN(S(=O)(=O)c2ccc(C)cc2)C1. The van der Waals surface area contributed by atoms with Gasteiger partial charge >= 0.3 is 0 Å². The van der Waals surface area contributed by atoms with Crippen molar-refractivity contribution in [3.8, 4) is 0 Å². The van der Waals surface area contributed by atoms with E-state index in [1.165, 1.54) is 36.4 Å². The van der Waals surface area contributed by atoms with Crippen molar-refractivity contribution >= 4 is 15.8 Å². The highest BCUT2D eigenvalue weighted by molar-refractivity contribution is 7.89. The Morgan fingerprint density at radius 2 is 1.73 bits per heavy atom. The largest absolute Gasteiger partial charge is 0.295 e. The zero-order valence-electron chi connectivity index (χ0n) is 15.8. The van der Waals surface area contributed by atoms with Crippen molar-refractivity contribution in [2.24, 2.45) is 5.92 Å². The van der Waals surface area contributed by atoms with Crippen molar-refractivity contribution in [3.05, 3.63) is 41.0 Å². The van der Waals surface area contributed by atoms with Crippen LogP contribution in [0.1, 0.15) is 57.4 Å². The van der Waals surface area contributed by atoms with Crippen molar-refractivity contribution in [3.63, 3.8) is 0 Å². The predicted molar refractivity (Wildman–Crippen MR) is 103 cm³/mol. The summed E-state index contributed by atoms with van der Waals surface area (Å²) < 4.78 is 27.4. The minimum absolute atomic E-state index is 0.00486. The quantitative estimate of drug-likeness (QED) is 0.747. The smallest absolute Gasteiger partial charge is 0.243 e. The molecule has 142 valence electrons. The Morgan fingerprint density at radius 1 is 1.08 bits per heavy atom. The van der Waals surface area contributed by atoms with E-state index in [1.54, 1.807) is 19.1 Å². The van der Waals surface area contributed by atoms with Crippen LogP contribution in [0.3, 0.4) is 0 Å². The molecule has 0 radical (unpaired) electrons. The number of sulfonamides is 1. The lowest BCUT2D eigenvalue weighted by molar-refractivity contribution is -0.113. The second-order valence-corrected chi connectivity index (χ2v) is 9.71. The normalized spacial score (nSPS) is 19.9. The summed E-state index contributed by atoms with van der Waals surface area (Å²) in [5, 5.41) is 0. The zero-order chi connectivity index (χ0) is 18.7. The van der Waals surface area contributed by atoms with Crippen LogP contribution in [0.4, 0.5) is 0 Å². The van der Waals surface area contributed by atoms with E-state index >= 15 is 0 Å². The van der Waals surface area contributed by atoms with Crippen molar-refractivity contribution in [1.29, 1.82) is 0 Å². The zero-order valence-corrected chi connectivity index (χ0v) is 16.6. The Hall–Kier alpha value is -1.46. The minimum atomic E-state index is -3.56. The summed E-state index contributed by atoms with van der Waals surface area (Å²) in [6.45, 7) is 4.06. The molecular weight excluding hydrogens is 346 g/mol. The molecule has 4 nitrogen and oxygen atoms in total. The molecule has 1 fully saturated rings. The first-order valence-electron chi connectivity index (χ1n) is 9.66. The number of rotatable bonds is 6. The Kier molecular flexibility index (Phi) is 5.98. The standard InChI is InChI=1S/C21H29NO3S/c1-16-8-12-20(13-9-16)26(24,25)22-14-19(21(15-22)17(2)23)11-10-18-6-4-3-5-7-18/h8-9,12-13,18H,3-7,10-11,14-15H2,1-2H3. The lowest BCUT2D eigenvalue weighted by Crippen LogP contribution is -2.30. The Bertz CT molecular complexity index is 787. The molecule has 1 aromatic carbocycles. The summed E-state index contributed by atoms with van der Waals surface area (Å²) in [5.41, 5.74) is 2.76. The van der Waals surface area contributed by atoms with Crippen LogP contribution < -0.4 is 0 Å². The molecule has 0 bridgehead atoms. The van der Waals surface area contributed by atoms with Gasteiger partial charge in [-0.2, -0.15) is 4.31 Å². The summed E-state index contributed by atoms with van der Waals surface area (Å²) in [6, 6.07) is 6.93. The van der Waals surface area contributed by atoms with Gasteiger partial charge in [0.2, 0.25) is 10.0 Å². The highest BCUT2D eigenvalue weighted by Gasteiger charge is 2.33. The summed E-state index contributed by atoms with van der Waals surface area (Å²) >= 11 is 0. The Morgan fingerprint density at radius 3 is 2.35 bits per heavy atom. The highest BCUT2D eigenvalue weighted by Crippen LogP contribution is 2.32. The molecule has 1 aromatic rings. The maximum atomic E-state index is 13.0. The average molecular weight is 376 g/mol. The van der Waals surface area contributed by atoms with Crippen LogP contribution in [0.2, 0.25) is 0 Å². The van der Waals surface area contributed by atoms with Gasteiger partial charge in [-0.3, -0.25) is 4.79 Å². The van der Waals surface area contributed by atoms with E-state index < -0.39 is 10.0 Å². The third-order valence-corrected chi connectivity index (χ3v) is 7.60. The van der Waals surface area contributed by atoms with Crippen LogP contribution in [-0.2, 0) is 14.8 Å². The van der Waals surface area contributed by atoms with Gasteiger partial charge in [-0.05, 0) is 50.3 Å². The summed E-state index contributed by atoms with van der Waals surface area (Å²) in [4.78, 5) is 12.4. The molecule has 0 spiro atoms. The minimum Gasteiger partial charge on any atom is -0.295 e. The number of hydrogen-bond acceptors (Lipinski definition) is 3. The lowest BCUT2D eigenvalue weighted by Gasteiger charge is -2.22. The van der Waals surface area contributed by atoms with Gasteiger partial charge < -0.3 is 0 Å². The molecule has 26 heavy (non-hydrogen) atoms. The van der Waals surface area contributed by atoms with Gasteiger partial charge in [0.1, 0.15) is 0 Å². The van der Waals surface area contributed by atoms with E-state index in [0.717, 1.165) is 29.9 Å². The van der Waals surface area contributed by atoms with Crippen LogP contribution >= 0.6 is 0 Å². The van der Waals surface area contributed by atoms with E-state index in [4.69, 9.17) is 0 Å². The number of ketones is 1. The Labute approximate surface area is 157 Å². The fourth-order valence-electron chi connectivity index (χ4n) is 4.13. The van der Waals surface area contributed by atoms with Crippen LogP contribution in [0.15, 0.2) is 40.3 Å². The topological polar surface area (TPSA) is 54.5 Å². The number of aryl methyl sites for hydroxylation is 1. The van der Waals surface area contributed by atoms with Gasteiger partial charge in [0.15, 0.2) is 5.78 Å². The second-order valence-electron chi connectivity index (χ2n) is 7.77. The number of carbonyl (C=O) groups is 1. The molecule has 1 heterocycles. The molecule has 1 aliphatic heterocycles. The molecule has 1 saturated carbocycles. The number of carbonyl (C=O) groups excluding carboxylic acids is 1. The highest BCUT2D eigenvalue weighted by atomic mass is 32.2. The Balaban J connectivity index is 1.72. The fraction of sp³-hybridized carbons (Fsp3) is 0.571.